The number of rotatable bonds is 8. The molecule has 2 N–H and O–H groups in total. The molecule has 0 radical (unpaired) electrons. The number of carbonyl (C=O) groups is 2. The molecule has 202 valence electrons. The van der Waals surface area contributed by atoms with E-state index >= 15 is 0 Å². The van der Waals surface area contributed by atoms with Gasteiger partial charge in [0, 0.05) is 61.0 Å². The Morgan fingerprint density at radius 2 is 1.95 bits per heavy atom. The molecule has 2 amide bonds. The second-order valence-corrected chi connectivity index (χ2v) is 11.0. The lowest BCUT2D eigenvalue weighted by Crippen LogP contribution is -2.38. The fourth-order valence-electron chi connectivity index (χ4n) is 6.00. The SMILES string of the molecule is C=CN(c1ccc(C(=O)NC2CCN(C(C)C)C2)cn1)C1CCC(NC(=O)c2ccc3c(c2C)OCC3)C1. The van der Waals surface area contributed by atoms with Gasteiger partial charge in [0.2, 0.25) is 0 Å². The van der Waals surface area contributed by atoms with Crippen LogP contribution >= 0.6 is 0 Å². The number of amides is 2. The lowest BCUT2D eigenvalue weighted by molar-refractivity contribution is 0.0928. The number of carbonyl (C=O) groups excluding carboxylic acids is 2. The van der Waals surface area contributed by atoms with E-state index in [1.165, 1.54) is 5.56 Å². The third-order valence-corrected chi connectivity index (χ3v) is 8.24. The highest BCUT2D eigenvalue weighted by molar-refractivity contribution is 5.96. The van der Waals surface area contributed by atoms with Crippen molar-refractivity contribution in [2.75, 3.05) is 24.6 Å². The summed E-state index contributed by atoms with van der Waals surface area (Å²) in [6.45, 7) is 12.9. The predicted molar refractivity (Wildman–Crippen MR) is 149 cm³/mol. The van der Waals surface area contributed by atoms with Crippen molar-refractivity contribution in [3.63, 3.8) is 0 Å². The second kappa shape index (κ2) is 11.2. The van der Waals surface area contributed by atoms with Crippen molar-refractivity contribution in [3.05, 3.63) is 65.5 Å². The van der Waals surface area contributed by atoms with Crippen molar-refractivity contribution in [1.29, 1.82) is 0 Å². The van der Waals surface area contributed by atoms with Crippen LogP contribution in [0.3, 0.4) is 0 Å². The van der Waals surface area contributed by atoms with E-state index in [0.717, 1.165) is 62.3 Å². The van der Waals surface area contributed by atoms with Gasteiger partial charge in [-0.2, -0.15) is 0 Å². The maximum Gasteiger partial charge on any atom is 0.253 e. The molecule has 5 rings (SSSR count). The molecular formula is C30H39N5O3. The Labute approximate surface area is 225 Å². The first kappa shape index (κ1) is 26.2. The van der Waals surface area contributed by atoms with Gasteiger partial charge in [-0.15, -0.1) is 0 Å². The fourth-order valence-corrected chi connectivity index (χ4v) is 6.00. The number of hydrogen-bond acceptors (Lipinski definition) is 6. The summed E-state index contributed by atoms with van der Waals surface area (Å²) in [5.74, 6) is 1.49. The van der Waals surface area contributed by atoms with Gasteiger partial charge in [0.05, 0.1) is 12.2 Å². The van der Waals surface area contributed by atoms with Crippen molar-refractivity contribution in [2.45, 2.75) is 77.0 Å². The monoisotopic (exact) mass is 517 g/mol. The molecule has 1 aromatic carbocycles. The molecule has 3 atom stereocenters. The van der Waals surface area contributed by atoms with Gasteiger partial charge < -0.3 is 20.3 Å². The van der Waals surface area contributed by atoms with E-state index in [1.807, 2.05) is 31.2 Å². The van der Waals surface area contributed by atoms with E-state index in [1.54, 1.807) is 12.4 Å². The summed E-state index contributed by atoms with van der Waals surface area (Å²) in [7, 11) is 0. The Morgan fingerprint density at radius 1 is 1.13 bits per heavy atom. The van der Waals surface area contributed by atoms with Gasteiger partial charge in [-0.1, -0.05) is 12.6 Å². The van der Waals surface area contributed by atoms with Gasteiger partial charge >= 0.3 is 0 Å². The van der Waals surface area contributed by atoms with Crippen LogP contribution in [0, 0.1) is 6.92 Å². The minimum Gasteiger partial charge on any atom is -0.493 e. The Bertz CT molecular complexity index is 1200. The molecule has 3 unspecified atom stereocenters. The van der Waals surface area contributed by atoms with Crippen LogP contribution in [0.15, 0.2) is 43.2 Å². The Morgan fingerprint density at radius 3 is 2.66 bits per heavy atom. The van der Waals surface area contributed by atoms with E-state index in [2.05, 4.69) is 45.8 Å². The molecule has 1 saturated heterocycles. The topological polar surface area (TPSA) is 86.8 Å². The summed E-state index contributed by atoms with van der Waals surface area (Å²) >= 11 is 0. The maximum atomic E-state index is 13.1. The van der Waals surface area contributed by atoms with E-state index in [0.29, 0.717) is 23.8 Å². The number of anilines is 1. The second-order valence-electron chi connectivity index (χ2n) is 11.0. The molecule has 8 nitrogen and oxygen atoms in total. The molecule has 3 heterocycles. The van der Waals surface area contributed by atoms with Crippen molar-refractivity contribution >= 4 is 17.6 Å². The highest BCUT2D eigenvalue weighted by Gasteiger charge is 2.31. The smallest absolute Gasteiger partial charge is 0.253 e. The van der Waals surface area contributed by atoms with Crippen molar-refractivity contribution < 1.29 is 14.3 Å². The van der Waals surface area contributed by atoms with Crippen LogP contribution in [0.5, 0.6) is 5.75 Å². The third kappa shape index (κ3) is 5.41. The minimum absolute atomic E-state index is 0.0520. The van der Waals surface area contributed by atoms with Crippen LogP contribution in [0.1, 0.15) is 71.4 Å². The maximum absolute atomic E-state index is 13.1. The Balaban J connectivity index is 1.17. The average molecular weight is 518 g/mol. The number of benzene rings is 1. The minimum atomic E-state index is -0.0827. The van der Waals surface area contributed by atoms with Crippen molar-refractivity contribution in [2.24, 2.45) is 0 Å². The first-order chi connectivity index (χ1) is 18.3. The van der Waals surface area contributed by atoms with Crippen LogP contribution in [0.4, 0.5) is 5.82 Å². The molecule has 38 heavy (non-hydrogen) atoms. The molecule has 0 bridgehead atoms. The lowest BCUT2D eigenvalue weighted by Gasteiger charge is -2.26. The summed E-state index contributed by atoms with van der Waals surface area (Å²) in [5.41, 5.74) is 3.33. The van der Waals surface area contributed by atoms with Gasteiger partial charge in [-0.3, -0.25) is 14.5 Å². The summed E-state index contributed by atoms with van der Waals surface area (Å²) in [5, 5.41) is 6.37. The number of aromatic nitrogens is 1. The molecule has 2 fully saturated rings. The van der Waals surface area contributed by atoms with Gasteiger partial charge in [-0.05, 0) is 76.4 Å². The van der Waals surface area contributed by atoms with Crippen LogP contribution in [0.2, 0.25) is 0 Å². The Kier molecular flexibility index (Phi) is 7.70. The number of fused-ring (bicyclic) bond motifs is 1. The zero-order valence-corrected chi connectivity index (χ0v) is 22.7. The van der Waals surface area contributed by atoms with Crippen LogP contribution < -0.4 is 20.3 Å². The summed E-state index contributed by atoms with van der Waals surface area (Å²) in [6.07, 6.45) is 7.91. The summed E-state index contributed by atoms with van der Waals surface area (Å²) < 4.78 is 5.74. The molecule has 8 heteroatoms. The first-order valence-corrected chi connectivity index (χ1v) is 13.8. The van der Waals surface area contributed by atoms with Crippen molar-refractivity contribution in [3.8, 4) is 5.75 Å². The highest BCUT2D eigenvalue weighted by Crippen LogP contribution is 2.32. The number of ether oxygens (including phenoxy) is 1. The normalized spacial score (nSPS) is 22.7. The predicted octanol–water partition coefficient (Wildman–Crippen LogP) is 3.84. The van der Waals surface area contributed by atoms with Crippen LogP contribution in [-0.2, 0) is 6.42 Å². The molecule has 0 spiro atoms. The molecule has 2 aliphatic heterocycles. The zero-order valence-electron chi connectivity index (χ0n) is 22.7. The average Bonchev–Trinajstić information content (AvgIpc) is 3.67. The van der Waals surface area contributed by atoms with Gasteiger partial charge in [0.1, 0.15) is 11.6 Å². The molecular weight excluding hydrogens is 478 g/mol. The molecule has 3 aliphatic rings. The number of nitrogens with one attached hydrogen (secondary N) is 2. The number of likely N-dealkylation sites (tertiary alicyclic amines) is 1. The molecule has 1 aromatic heterocycles. The van der Waals surface area contributed by atoms with E-state index < -0.39 is 0 Å². The quantitative estimate of drug-likeness (QED) is 0.553. The first-order valence-electron chi connectivity index (χ1n) is 13.8. The fraction of sp³-hybridized carbons (Fsp3) is 0.500. The standard InChI is InChI=1S/C30H39N5O3/c1-5-35(27-11-7-22(17-31-27)29(36)33-24-12-14-34(18-24)19(2)3)25-9-8-23(16-25)32-30(37)26-10-6-21-13-15-38-28(21)20(26)4/h5-7,10-11,17,19,23-25H,1,8-9,12-16,18H2,2-4H3,(H,32,37)(H,33,36). The largest absolute Gasteiger partial charge is 0.493 e. The van der Waals surface area contributed by atoms with Crippen LogP contribution in [-0.4, -0.2) is 65.6 Å². The van der Waals surface area contributed by atoms with Gasteiger partial charge in [-0.25, -0.2) is 4.98 Å². The Hall–Kier alpha value is -3.39. The van der Waals surface area contributed by atoms with E-state index in [-0.39, 0.29) is 29.9 Å². The summed E-state index contributed by atoms with van der Waals surface area (Å²) in [6, 6.07) is 8.54. The molecule has 1 saturated carbocycles. The molecule has 1 aliphatic carbocycles. The van der Waals surface area contributed by atoms with Gasteiger partial charge in [0.15, 0.2) is 0 Å². The van der Waals surface area contributed by atoms with Crippen LogP contribution in [0.25, 0.3) is 0 Å². The number of hydrogen-bond donors (Lipinski definition) is 2. The lowest BCUT2D eigenvalue weighted by atomic mass is 10.0. The third-order valence-electron chi connectivity index (χ3n) is 8.24. The van der Waals surface area contributed by atoms with Crippen molar-refractivity contribution in [1.82, 2.24) is 20.5 Å². The summed E-state index contributed by atoms with van der Waals surface area (Å²) in [4.78, 5) is 34.9. The van der Waals surface area contributed by atoms with E-state index in [9.17, 15) is 9.59 Å². The number of pyridine rings is 1. The zero-order chi connectivity index (χ0) is 26.8. The number of nitrogens with zero attached hydrogens (tertiary/aromatic N) is 3. The highest BCUT2D eigenvalue weighted by atomic mass is 16.5. The van der Waals surface area contributed by atoms with Gasteiger partial charge in [0.25, 0.3) is 11.8 Å². The molecule has 2 aromatic rings. The van der Waals surface area contributed by atoms with E-state index in [4.69, 9.17) is 4.74 Å².